The van der Waals surface area contributed by atoms with E-state index in [1.165, 1.54) is 12.1 Å². The van der Waals surface area contributed by atoms with Crippen molar-refractivity contribution in [2.24, 2.45) is 4.99 Å². The van der Waals surface area contributed by atoms with Gasteiger partial charge in [-0.05, 0) is 48.4 Å². The van der Waals surface area contributed by atoms with Crippen LogP contribution >= 0.6 is 0 Å². The molecule has 1 aromatic heterocycles. The first kappa shape index (κ1) is 12.6. The number of benzene rings is 1. The largest absolute Gasteiger partial charge is 0.360 e. The minimum absolute atomic E-state index is 0.228. The maximum Gasteiger partial charge on any atom is 0.125 e. The third-order valence-electron chi connectivity index (χ3n) is 3.53. The van der Waals surface area contributed by atoms with Gasteiger partial charge >= 0.3 is 0 Å². The Bertz CT molecular complexity index is 788. The summed E-state index contributed by atoms with van der Waals surface area (Å²) in [6.45, 7) is 2.00. The molecule has 0 radical (unpaired) electrons. The number of hydrogen-bond donors (Lipinski definition) is 1. The lowest BCUT2D eigenvalue weighted by Gasteiger charge is -2.11. The molecule has 0 amide bonds. The van der Waals surface area contributed by atoms with E-state index in [1.54, 1.807) is 7.05 Å². The number of rotatable bonds is 1. The van der Waals surface area contributed by atoms with Gasteiger partial charge < -0.3 is 4.98 Å². The van der Waals surface area contributed by atoms with Gasteiger partial charge in [0, 0.05) is 29.7 Å². The van der Waals surface area contributed by atoms with Crippen LogP contribution in [0.25, 0.3) is 16.5 Å². The molecule has 0 fully saturated rings. The molecular formula is C17H15FN2. The number of nitrogens with one attached hydrogen (secondary N) is 1. The van der Waals surface area contributed by atoms with Gasteiger partial charge in [-0.3, -0.25) is 4.99 Å². The quantitative estimate of drug-likeness (QED) is 0.798. The summed E-state index contributed by atoms with van der Waals surface area (Å²) in [5.74, 6) is -0.228. The fraction of sp³-hybridized carbons (Fsp3) is 0.118. The van der Waals surface area contributed by atoms with Gasteiger partial charge in [0.15, 0.2) is 0 Å². The van der Waals surface area contributed by atoms with Gasteiger partial charge in [0.25, 0.3) is 0 Å². The average molecular weight is 266 g/mol. The van der Waals surface area contributed by atoms with Gasteiger partial charge in [-0.1, -0.05) is 12.2 Å². The van der Waals surface area contributed by atoms with Crippen LogP contribution in [0.2, 0.25) is 0 Å². The zero-order valence-corrected chi connectivity index (χ0v) is 11.4. The van der Waals surface area contributed by atoms with Crippen LogP contribution in [-0.2, 0) is 0 Å². The fourth-order valence-electron chi connectivity index (χ4n) is 2.49. The van der Waals surface area contributed by atoms with Crippen LogP contribution in [0.1, 0.15) is 12.5 Å². The second-order valence-electron chi connectivity index (χ2n) is 4.68. The van der Waals surface area contributed by atoms with Crippen LogP contribution in [-0.4, -0.2) is 17.7 Å². The summed E-state index contributed by atoms with van der Waals surface area (Å²) in [4.78, 5) is 7.37. The molecule has 1 N–H and O–H groups in total. The molecule has 0 saturated heterocycles. The lowest BCUT2D eigenvalue weighted by Crippen LogP contribution is -2.01. The zero-order valence-electron chi connectivity index (χ0n) is 11.4. The van der Waals surface area contributed by atoms with Crippen molar-refractivity contribution in [1.29, 1.82) is 0 Å². The standard InChI is InChI=1S/C17H15FN2/c1-3-11-8-12(4-7-16(11)19-2)15-10-20-17-9-13(18)5-6-14(15)17/h3-10,20H,1-2H3/b11-3-,19-16?. The molecule has 0 saturated carbocycles. The lowest BCUT2D eigenvalue weighted by atomic mass is 9.94. The fourth-order valence-corrected chi connectivity index (χ4v) is 2.49. The van der Waals surface area contributed by atoms with Crippen molar-refractivity contribution in [2.75, 3.05) is 7.05 Å². The molecule has 0 atom stereocenters. The van der Waals surface area contributed by atoms with E-state index in [9.17, 15) is 4.39 Å². The van der Waals surface area contributed by atoms with Crippen LogP contribution in [0.4, 0.5) is 4.39 Å². The van der Waals surface area contributed by atoms with E-state index in [-0.39, 0.29) is 5.82 Å². The zero-order chi connectivity index (χ0) is 14.1. The summed E-state index contributed by atoms with van der Waals surface area (Å²) in [6.07, 6.45) is 10.1. The molecule has 2 nitrogen and oxygen atoms in total. The van der Waals surface area contributed by atoms with E-state index in [1.807, 2.05) is 37.4 Å². The monoisotopic (exact) mass is 266 g/mol. The molecule has 3 heteroatoms. The van der Waals surface area contributed by atoms with E-state index in [4.69, 9.17) is 0 Å². The minimum atomic E-state index is -0.228. The maximum atomic E-state index is 13.2. The van der Waals surface area contributed by atoms with E-state index < -0.39 is 0 Å². The molecule has 3 rings (SSSR count). The second-order valence-corrected chi connectivity index (χ2v) is 4.68. The molecular weight excluding hydrogens is 251 g/mol. The molecule has 0 unspecified atom stereocenters. The molecule has 0 aliphatic heterocycles. The topological polar surface area (TPSA) is 28.1 Å². The van der Waals surface area contributed by atoms with Gasteiger partial charge in [-0.15, -0.1) is 0 Å². The summed E-state index contributed by atoms with van der Waals surface area (Å²) in [5.41, 5.74) is 5.06. The van der Waals surface area contributed by atoms with Gasteiger partial charge in [0.1, 0.15) is 5.82 Å². The van der Waals surface area contributed by atoms with Gasteiger partial charge in [0.05, 0.1) is 5.71 Å². The molecule has 0 spiro atoms. The smallest absolute Gasteiger partial charge is 0.125 e. The third-order valence-corrected chi connectivity index (χ3v) is 3.53. The van der Waals surface area contributed by atoms with E-state index in [0.717, 1.165) is 33.3 Å². The Morgan fingerprint density at radius 1 is 1.25 bits per heavy atom. The van der Waals surface area contributed by atoms with Gasteiger partial charge in [0.2, 0.25) is 0 Å². The van der Waals surface area contributed by atoms with Crippen molar-refractivity contribution in [3.8, 4) is 0 Å². The molecule has 2 aromatic rings. The Kier molecular flexibility index (Phi) is 3.11. The molecule has 0 bridgehead atoms. The van der Waals surface area contributed by atoms with Crippen LogP contribution in [0, 0.1) is 5.82 Å². The highest BCUT2D eigenvalue weighted by molar-refractivity contribution is 6.15. The van der Waals surface area contributed by atoms with Crippen molar-refractivity contribution in [3.05, 3.63) is 65.7 Å². The number of H-pyrrole nitrogens is 1. The third kappa shape index (κ3) is 2.01. The number of aliphatic imine (C=N–C) groups is 1. The van der Waals surface area contributed by atoms with E-state index in [0.29, 0.717) is 0 Å². The molecule has 20 heavy (non-hydrogen) atoms. The molecule has 1 heterocycles. The normalized spacial score (nSPS) is 19.1. The minimum Gasteiger partial charge on any atom is -0.360 e. The van der Waals surface area contributed by atoms with Crippen molar-refractivity contribution in [1.82, 2.24) is 4.98 Å². The number of allylic oxidation sites excluding steroid dienone is 6. The molecule has 100 valence electrons. The van der Waals surface area contributed by atoms with E-state index >= 15 is 0 Å². The number of fused-ring (bicyclic) bond motifs is 1. The summed E-state index contributed by atoms with van der Waals surface area (Å²) >= 11 is 0. The number of hydrogen-bond acceptors (Lipinski definition) is 1. The molecule has 1 aromatic carbocycles. The van der Waals surface area contributed by atoms with Gasteiger partial charge in [-0.2, -0.15) is 0 Å². The number of nitrogens with zero attached hydrogens (tertiary/aromatic N) is 1. The highest BCUT2D eigenvalue weighted by atomic mass is 19.1. The van der Waals surface area contributed by atoms with Crippen molar-refractivity contribution >= 4 is 22.2 Å². The van der Waals surface area contributed by atoms with Crippen LogP contribution in [0.15, 0.2) is 59.3 Å². The number of halogens is 1. The van der Waals surface area contributed by atoms with E-state index in [2.05, 4.69) is 16.1 Å². The maximum absolute atomic E-state index is 13.2. The number of aromatic nitrogens is 1. The Morgan fingerprint density at radius 3 is 2.85 bits per heavy atom. The Hall–Kier alpha value is -2.42. The second kappa shape index (κ2) is 4.93. The first-order valence-corrected chi connectivity index (χ1v) is 6.53. The Labute approximate surface area is 117 Å². The lowest BCUT2D eigenvalue weighted by molar-refractivity contribution is 0.629. The highest BCUT2D eigenvalue weighted by Crippen LogP contribution is 2.29. The molecule has 1 aliphatic rings. The molecule has 1 aliphatic carbocycles. The van der Waals surface area contributed by atoms with Gasteiger partial charge in [-0.25, -0.2) is 4.39 Å². The Balaban J connectivity index is 2.13. The van der Waals surface area contributed by atoms with Crippen LogP contribution in [0.3, 0.4) is 0 Å². The van der Waals surface area contributed by atoms with Crippen molar-refractivity contribution < 1.29 is 4.39 Å². The SMILES string of the molecule is C/C=C1/C=C(c2c[nH]c3cc(F)ccc23)C=CC1=NC. The van der Waals surface area contributed by atoms with Crippen molar-refractivity contribution in [2.45, 2.75) is 6.92 Å². The predicted octanol–water partition coefficient (Wildman–Crippen LogP) is 4.28. The number of aromatic amines is 1. The summed E-state index contributed by atoms with van der Waals surface area (Å²) in [5, 5.41) is 1.02. The van der Waals surface area contributed by atoms with Crippen LogP contribution in [0.5, 0.6) is 0 Å². The summed E-state index contributed by atoms with van der Waals surface area (Å²) < 4.78 is 13.2. The van der Waals surface area contributed by atoms with Crippen molar-refractivity contribution in [3.63, 3.8) is 0 Å². The first-order chi connectivity index (χ1) is 9.72. The predicted molar refractivity (Wildman–Crippen MR) is 82.5 cm³/mol. The Morgan fingerprint density at radius 2 is 2.10 bits per heavy atom. The average Bonchev–Trinajstić information content (AvgIpc) is 2.89. The van der Waals surface area contributed by atoms with Crippen LogP contribution < -0.4 is 0 Å². The summed E-state index contributed by atoms with van der Waals surface area (Å²) in [7, 11) is 1.79. The highest BCUT2D eigenvalue weighted by Gasteiger charge is 2.12. The first-order valence-electron chi connectivity index (χ1n) is 6.53. The summed E-state index contributed by atoms with van der Waals surface area (Å²) in [6, 6.07) is 4.81.